The average molecular weight is 140 g/mol. The third-order valence-electron chi connectivity index (χ3n) is 1.32. The Morgan fingerprint density at radius 3 is 3.00 bits per heavy atom. The van der Waals surface area contributed by atoms with Crippen LogP contribution in [0.5, 0.6) is 0 Å². The molecule has 3 heteroatoms. The van der Waals surface area contributed by atoms with Crippen LogP contribution in [0.25, 0.3) is 0 Å². The first-order valence-electron chi connectivity index (χ1n) is 3.30. The van der Waals surface area contributed by atoms with Crippen LogP contribution in [-0.4, -0.2) is 23.3 Å². The Morgan fingerprint density at radius 1 is 1.70 bits per heavy atom. The van der Waals surface area contributed by atoms with E-state index in [4.69, 9.17) is 4.74 Å². The molecule has 3 nitrogen and oxygen atoms in total. The van der Waals surface area contributed by atoms with Crippen molar-refractivity contribution in [2.24, 2.45) is 0 Å². The first kappa shape index (κ1) is 7.28. The van der Waals surface area contributed by atoms with E-state index in [1.165, 1.54) is 0 Å². The van der Waals surface area contributed by atoms with Gasteiger partial charge in [0.05, 0.1) is 18.6 Å². The summed E-state index contributed by atoms with van der Waals surface area (Å²) in [6.45, 7) is 3.61. The second kappa shape index (κ2) is 3.37. The molecule has 0 amide bonds. The summed E-state index contributed by atoms with van der Waals surface area (Å²) in [7, 11) is 1.70. The van der Waals surface area contributed by atoms with E-state index in [-0.39, 0.29) is 0 Å². The van der Waals surface area contributed by atoms with Gasteiger partial charge in [0.15, 0.2) is 0 Å². The Labute approximate surface area is 60.6 Å². The normalized spacial score (nSPS) is 10.2. The lowest BCUT2D eigenvalue weighted by Crippen LogP contribution is -2.00. The van der Waals surface area contributed by atoms with Gasteiger partial charge in [0, 0.05) is 19.9 Å². The van der Waals surface area contributed by atoms with E-state index in [9.17, 15) is 0 Å². The summed E-state index contributed by atoms with van der Waals surface area (Å²) in [5, 5.41) is 0. The lowest BCUT2D eigenvalue weighted by molar-refractivity contribution is 0.187. The fourth-order valence-electron chi connectivity index (χ4n) is 0.791. The summed E-state index contributed by atoms with van der Waals surface area (Å²) in [4.78, 5) is 4.08. The molecular weight excluding hydrogens is 128 g/mol. The van der Waals surface area contributed by atoms with Gasteiger partial charge in [-0.2, -0.15) is 0 Å². The van der Waals surface area contributed by atoms with Gasteiger partial charge in [-0.3, -0.25) is 0 Å². The summed E-state index contributed by atoms with van der Waals surface area (Å²) < 4.78 is 6.92. The Kier molecular flexibility index (Phi) is 2.45. The van der Waals surface area contributed by atoms with Crippen LogP contribution in [0.2, 0.25) is 0 Å². The number of hydrogen-bond donors (Lipinski definition) is 0. The maximum absolute atomic E-state index is 4.91. The molecule has 1 aromatic heterocycles. The molecule has 0 saturated carbocycles. The molecule has 10 heavy (non-hydrogen) atoms. The summed E-state index contributed by atoms with van der Waals surface area (Å²) in [5.74, 6) is 0. The first-order chi connectivity index (χ1) is 4.83. The van der Waals surface area contributed by atoms with E-state index < -0.39 is 0 Å². The van der Waals surface area contributed by atoms with Crippen LogP contribution in [0.1, 0.15) is 5.69 Å². The van der Waals surface area contributed by atoms with E-state index in [0.29, 0.717) is 0 Å². The molecule has 0 aliphatic heterocycles. The van der Waals surface area contributed by atoms with E-state index >= 15 is 0 Å². The molecule has 0 aromatic carbocycles. The number of rotatable bonds is 3. The van der Waals surface area contributed by atoms with Gasteiger partial charge in [0.25, 0.3) is 0 Å². The van der Waals surface area contributed by atoms with Crippen LogP contribution in [0, 0.1) is 6.92 Å². The zero-order chi connectivity index (χ0) is 7.40. The van der Waals surface area contributed by atoms with Gasteiger partial charge in [-0.1, -0.05) is 0 Å². The van der Waals surface area contributed by atoms with E-state index in [1.54, 1.807) is 7.11 Å². The Bertz CT molecular complexity index is 195. The van der Waals surface area contributed by atoms with Gasteiger partial charge in [-0.05, 0) is 6.92 Å². The summed E-state index contributed by atoms with van der Waals surface area (Å²) in [6.07, 6.45) is 3.81. The second-order valence-corrected chi connectivity index (χ2v) is 2.25. The van der Waals surface area contributed by atoms with Gasteiger partial charge in [-0.25, -0.2) is 4.98 Å². The molecule has 1 aromatic rings. The van der Waals surface area contributed by atoms with Gasteiger partial charge < -0.3 is 9.30 Å². The van der Waals surface area contributed by atoms with Gasteiger partial charge >= 0.3 is 0 Å². The highest BCUT2D eigenvalue weighted by Crippen LogP contribution is 1.92. The highest BCUT2D eigenvalue weighted by Gasteiger charge is 1.90. The predicted molar refractivity (Wildman–Crippen MR) is 38.8 cm³/mol. The van der Waals surface area contributed by atoms with Crippen LogP contribution in [0.3, 0.4) is 0 Å². The van der Waals surface area contributed by atoms with Crippen LogP contribution in [0.15, 0.2) is 12.5 Å². The molecule has 0 radical (unpaired) electrons. The molecule has 1 heterocycles. The van der Waals surface area contributed by atoms with E-state index in [2.05, 4.69) is 4.98 Å². The van der Waals surface area contributed by atoms with Crippen molar-refractivity contribution >= 4 is 0 Å². The third kappa shape index (κ3) is 1.84. The molecule has 0 aliphatic carbocycles. The molecule has 0 fully saturated rings. The Balaban J connectivity index is 2.42. The number of nitrogens with zero attached hydrogens (tertiary/aromatic N) is 2. The minimum absolute atomic E-state index is 0.746. The summed E-state index contributed by atoms with van der Waals surface area (Å²) in [6, 6.07) is 0. The average Bonchev–Trinajstić information content (AvgIpc) is 2.31. The van der Waals surface area contributed by atoms with Gasteiger partial charge in [0.2, 0.25) is 0 Å². The monoisotopic (exact) mass is 140 g/mol. The van der Waals surface area contributed by atoms with Crippen molar-refractivity contribution in [3.63, 3.8) is 0 Å². The molecule has 0 spiro atoms. The quantitative estimate of drug-likeness (QED) is 0.622. The minimum atomic E-state index is 0.746. The van der Waals surface area contributed by atoms with Crippen molar-refractivity contribution in [2.45, 2.75) is 13.5 Å². The number of ether oxygens (including phenoxy) is 1. The largest absolute Gasteiger partial charge is 0.383 e. The lowest BCUT2D eigenvalue weighted by atomic mass is 10.5. The van der Waals surface area contributed by atoms with Crippen molar-refractivity contribution in [3.8, 4) is 0 Å². The molecule has 0 aliphatic rings. The fourth-order valence-corrected chi connectivity index (χ4v) is 0.791. The first-order valence-corrected chi connectivity index (χ1v) is 3.30. The fraction of sp³-hybridized carbons (Fsp3) is 0.571. The van der Waals surface area contributed by atoms with Crippen LogP contribution in [-0.2, 0) is 11.3 Å². The molecule has 0 atom stereocenters. The standard InChI is InChI=1S/C7H12N2O/c1-7-5-9(6-8-7)3-4-10-2/h5-6H,3-4H2,1-2H3. The molecule has 0 N–H and O–H groups in total. The van der Waals surface area contributed by atoms with Crippen LogP contribution in [0.4, 0.5) is 0 Å². The molecule has 0 unspecified atom stereocenters. The predicted octanol–water partition coefficient (Wildman–Crippen LogP) is 0.838. The highest BCUT2D eigenvalue weighted by molar-refractivity contribution is 4.91. The number of hydrogen-bond acceptors (Lipinski definition) is 2. The molecular formula is C7H12N2O. The topological polar surface area (TPSA) is 27.1 Å². The maximum atomic E-state index is 4.91. The van der Waals surface area contributed by atoms with E-state index in [1.807, 2.05) is 24.0 Å². The molecule has 0 saturated heterocycles. The maximum Gasteiger partial charge on any atom is 0.0950 e. The van der Waals surface area contributed by atoms with Crippen molar-refractivity contribution < 1.29 is 4.74 Å². The lowest BCUT2D eigenvalue weighted by Gasteiger charge is -1.97. The van der Waals surface area contributed by atoms with Crippen molar-refractivity contribution in [1.82, 2.24) is 9.55 Å². The van der Waals surface area contributed by atoms with Crippen molar-refractivity contribution in [2.75, 3.05) is 13.7 Å². The number of aromatic nitrogens is 2. The van der Waals surface area contributed by atoms with Crippen molar-refractivity contribution in [3.05, 3.63) is 18.2 Å². The molecule has 56 valence electrons. The van der Waals surface area contributed by atoms with Crippen LogP contribution < -0.4 is 0 Å². The number of imidazole rings is 1. The third-order valence-corrected chi connectivity index (χ3v) is 1.32. The summed E-state index contributed by atoms with van der Waals surface area (Å²) >= 11 is 0. The smallest absolute Gasteiger partial charge is 0.0950 e. The number of methoxy groups -OCH3 is 1. The van der Waals surface area contributed by atoms with E-state index in [0.717, 1.165) is 18.8 Å². The Morgan fingerprint density at radius 2 is 2.50 bits per heavy atom. The van der Waals surface area contributed by atoms with Gasteiger partial charge in [-0.15, -0.1) is 0 Å². The minimum Gasteiger partial charge on any atom is -0.383 e. The zero-order valence-electron chi connectivity index (χ0n) is 6.37. The van der Waals surface area contributed by atoms with Crippen molar-refractivity contribution in [1.29, 1.82) is 0 Å². The van der Waals surface area contributed by atoms with Gasteiger partial charge in [0.1, 0.15) is 0 Å². The number of aryl methyl sites for hydroxylation is 1. The van der Waals surface area contributed by atoms with Crippen LogP contribution >= 0.6 is 0 Å². The molecule has 0 bridgehead atoms. The highest BCUT2D eigenvalue weighted by atomic mass is 16.5. The second-order valence-electron chi connectivity index (χ2n) is 2.25. The SMILES string of the molecule is COCCn1cnc(C)c1. The summed E-state index contributed by atoms with van der Waals surface area (Å²) in [5.41, 5.74) is 1.05. The zero-order valence-corrected chi connectivity index (χ0v) is 6.37. The Hall–Kier alpha value is -0.830. The molecule has 1 rings (SSSR count).